The molecular formula is C12H12BrNO. The fourth-order valence-corrected chi connectivity index (χ4v) is 3.06. The van der Waals surface area contributed by atoms with Gasteiger partial charge in [-0.25, -0.2) is 0 Å². The highest BCUT2D eigenvalue weighted by molar-refractivity contribution is 9.10. The predicted molar refractivity (Wildman–Crippen MR) is 61.5 cm³/mol. The van der Waals surface area contributed by atoms with Gasteiger partial charge in [0.15, 0.2) is 0 Å². The first-order valence-corrected chi connectivity index (χ1v) is 6.13. The molecule has 1 aromatic carbocycles. The molecule has 0 bridgehead atoms. The van der Waals surface area contributed by atoms with Crippen LogP contribution in [0.5, 0.6) is 0 Å². The lowest BCUT2D eigenvalue weighted by Crippen LogP contribution is -2.34. The van der Waals surface area contributed by atoms with E-state index in [1.807, 2.05) is 4.90 Å². The third kappa shape index (κ3) is 1.41. The normalized spacial score (nSPS) is 23.9. The Labute approximate surface area is 97.4 Å². The quantitative estimate of drug-likeness (QED) is 0.707. The first-order chi connectivity index (χ1) is 7.25. The molecule has 0 aliphatic carbocycles. The van der Waals surface area contributed by atoms with Crippen molar-refractivity contribution in [1.29, 1.82) is 0 Å². The molecule has 0 N–H and O–H groups in total. The molecule has 78 valence electrons. The fourth-order valence-electron chi connectivity index (χ4n) is 2.68. The van der Waals surface area contributed by atoms with E-state index in [2.05, 4.69) is 34.1 Å². The van der Waals surface area contributed by atoms with Crippen LogP contribution in [0.2, 0.25) is 0 Å². The van der Waals surface area contributed by atoms with Crippen LogP contribution < -0.4 is 0 Å². The maximum Gasteiger partial charge on any atom is 0.223 e. The van der Waals surface area contributed by atoms with Crippen LogP contribution in [0.3, 0.4) is 0 Å². The highest BCUT2D eigenvalue weighted by Crippen LogP contribution is 2.39. The molecule has 15 heavy (non-hydrogen) atoms. The topological polar surface area (TPSA) is 20.3 Å². The molecule has 2 heterocycles. The van der Waals surface area contributed by atoms with E-state index in [0.717, 1.165) is 30.3 Å². The third-order valence-electron chi connectivity index (χ3n) is 3.42. The van der Waals surface area contributed by atoms with Crippen molar-refractivity contribution in [3.8, 4) is 0 Å². The van der Waals surface area contributed by atoms with E-state index in [9.17, 15) is 4.79 Å². The SMILES string of the molecule is O=C1CCC2c3cc(Br)ccc3CCN12. The number of carbonyl (C=O) groups excluding carboxylic acids is 1. The van der Waals surface area contributed by atoms with Crippen LogP contribution in [-0.2, 0) is 11.2 Å². The van der Waals surface area contributed by atoms with Crippen molar-refractivity contribution in [2.75, 3.05) is 6.54 Å². The Hall–Kier alpha value is -0.830. The third-order valence-corrected chi connectivity index (χ3v) is 3.91. The summed E-state index contributed by atoms with van der Waals surface area (Å²) >= 11 is 3.50. The van der Waals surface area contributed by atoms with Crippen LogP contribution in [-0.4, -0.2) is 17.4 Å². The lowest BCUT2D eigenvalue weighted by Gasteiger charge is -2.32. The molecule has 2 aliphatic rings. The van der Waals surface area contributed by atoms with E-state index in [0.29, 0.717) is 11.9 Å². The minimum atomic E-state index is 0.325. The summed E-state index contributed by atoms with van der Waals surface area (Å²) in [6.07, 6.45) is 2.71. The second-order valence-corrected chi connectivity index (χ2v) is 5.15. The van der Waals surface area contributed by atoms with E-state index in [1.54, 1.807) is 0 Å². The molecule has 1 unspecified atom stereocenters. The number of rotatable bonds is 0. The molecule has 0 radical (unpaired) electrons. The fraction of sp³-hybridized carbons (Fsp3) is 0.417. The van der Waals surface area contributed by atoms with E-state index in [1.165, 1.54) is 11.1 Å². The van der Waals surface area contributed by atoms with Gasteiger partial charge in [0, 0.05) is 17.4 Å². The smallest absolute Gasteiger partial charge is 0.223 e. The molecule has 1 fully saturated rings. The Balaban J connectivity index is 2.08. The number of hydrogen-bond acceptors (Lipinski definition) is 1. The van der Waals surface area contributed by atoms with Crippen molar-refractivity contribution in [3.63, 3.8) is 0 Å². The van der Waals surface area contributed by atoms with E-state index >= 15 is 0 Å². The molecule has 1 aromatic rings. The average molecular weight is 266 g/mol. The Kier molecular flexibility index (Phi) is 2.09. The summed E-state index contributed by atoms with van der Waals surface area (Å²) in [6, 6.07) is 6.79. The molecule has 1 atom stereocenters. The van der Waals surface area contributed by atoms with Gasteiger partial charge in [0.1, 0.15) is 0 Å². The number of halogens is 1. The molecule has 3 rings (SSSR count). The van der Waals surface area contributed by atoms with Crippen molar-refractivity contribution in [2.45, 2.75) is 25.3 Å². The Bertz CT molecular complexity index is 430. The van der Waals surface area contributed by atoms with Gasteiger partial charge in [-0.3, -0.25) is 4.79 Å². The van der Waals surface area contributed by atoms with Gasteiger partial charge in [0.25, 0.3) is 0 Å². The van der Waals surface area contributed by atoms with Crippen LogP contribution in [0.4, 0.5) is 0 Å². The van der Waals surface area contributed by atoms with Crippen molar-refractivity contribution in [1.82, 2.24) is 4.90 Å². The minimum absolute atomic E-state index is 0.325. The summed E-state index contributed by atoms with van der Waals surface area (Å²) in [5.74, 6) is 0.325. The van der Waals surface area contributed by atoms with Crippen molar-refractivity contribution < 1.29 is 4.79 Å². The van der Waals surface area contributed by atoms with E-state index in [4.69, 9.17) is 0 Å². The van der Waals surface area contributed by atoms with Crippen molar-refractivity contribution in [3.05, 3.63) is 33.8 Å². The molecule has 2 aliphatic heterocycles. The summed E-state index contributed by atoms with van der Waals surface area (Å²) in [5, 5.41) is 0. The largest absolute Gasteiger partial charge is 0.335 e. The van der Waals surface area contributed by atoms with Gasteiger partial charge in [0.2, 0.25) is 5.91 Å². The Morgan fingerprint density at radius 1 is 1.33 bits per heavy atom. The monoisotopic (exact) mass is 265 g/mol. The van der Waals surface area contributed by atoms with E-state index < -0.39 is 0 Å². The van der Waals surface area contributed by atoms with Gasteiger partial charge < -0.3 is 4.90 Å². The second-order valence-electron chi connectivity index (χ2n) is 4.23. The zero-order chi connectivity index (χ0) is 10.4. The maximum absolute atomic E-state index is 11.6. The summed E-state index contributed by atoms with van der Waals surface area (Å²) in [7, 11) is 0. The lowest BCUT2D eigenvalue weighted by molar-refractivity contribution is -0.129. The summed E-state index contributed by atoms with van der Waals surface area (Å²) in [6.45, 7) is 0.901. The number of carbonyl (C=O) groups is 1. The van der Waals surface area contributed by atoms with Crippen LogP contribution in [0.1, 0.15) is 30.0 Å². The molecule has 2 nitrogen and oxygen atoms in total. The molecule has 1 saturated heterocycles. The lowest BCUT2D eigenvalue weighted by atomic mass is 9.93. The zero-order valence-corrected chi connectivity index (χ0v) is 9.96. The van der Waals surface area contributed by atoms with Gasteiger partial charge in [-0.1, -0.05) is 22.0 Å². The summed E-state index contributed by atoms with van der Waals surface area (Å²) in [5.41, 5.74) is 2.76. The first kappa shape index (κ1) is 9.40. The maximum atomic E-state index is 11.6. The highest BCUT2D eigenvalue weighted by atomic mass is 79.9. The highest BCUT2D eigenvalue weighted by Gasteiger charge is 2.35. The first-order valence-electron chi connectivity index (χ1n) is 5.33. The standard InChI is InChI=1S/C12H12BrNO/c13-9-2-1-8-5-6-14-11(10(8)7-9)3-4-12(14)15/h1-2,7,11H,3-6H2. The zero-order valence-electron chi connectivity index (χ0n) is 8.37. The van der Waals surface area contributed by atoms with Crippen molar-refractivity contribution in [2.24, 2.45) is 0 Å². The molecule has 0 spiro atoms. The van der Waals surface area contributed by atoms with Crippen LogP contribution in [0.25, 0.3) is 0 Å². The summed E-state index contributed by atoms with van der Waals surface area (Å²) in [4.78, 5) is 13.7. The van der Waals surface area contributed by atoms with Gasteiger partial charge in [-0.05, 0) is 36.1 Å². The van der Waals surface area contributed by atoms with Crippen LogP contribution in [0.15, 0.2) is 22.7 Å². The van der Waals surface area contributed by atoms with Crippen LogP contribution in [0, 0.1) is 0 Å². The predicted octanol–water partition coefficient (Wildman–Crippen LogP) is 2.67. The number of amides is 1. The second kappa shape index (κ2) is 3.34. The van der Waals surface area contributed by atoms with Crippen LogP contribution >= 0.6 is 15.9 Å². The number of benzene rings is 1. The molecule has 1 amide bonds. The van der Waals surface area contributed by atoms with Gasteiger partial charge >= 0.3 is 0 Å². The van der Waals surface area contributed by atoms with Gasteiger partial charge in [-0.2, -0.15) is 0 Å². The number of fused-ring (bicyclic) bond motifs is 3. The average Bonchev–Trinajstić information content (AvgIpc) is 2.61. The van der Waals surface area contributed by atoms with Crippen molar-refractivity contribution >= 4 is 21.8 Å². The molecule has 3 heteroatoms. The molecule has 0 aromatic heterocycles. The number of hydrogen-bond donors (Lipinski definition) is 0. The molecular weight excluding hydrogens is 254 g/mol. The Morgan fingerprint density at radius 2 is 2.20 bits per heavy atom. The van der Waals surface area contributed by atoms with Gasteiger partial charge in [0.05, 0.1) is 6.04 Å². The Morgan fingerprint density at radius 3 is 3.07 bits per heavy atom. The minimum Gasteiger partial charge on any atom is -0.335 e. The number of nitrogens with zero attached hydrogens (tertiary/aromatic N) is 1. The van der Waals surface area contributed by atoms with E-state index in [-0.39, 0.29) is 0 Å². The summed E-state index contributed by atoms with van der Waals surface area (Å²) < 4.78 is 1.11. The van der Waals surface area contributed by atoms with Gasteiger partial charge in [-0.15, -0.1) is 0 Å². The molecule has 0 saturated carbocycles.